The molecule has 128 valence electrons. The second-order valence-corrected chi connectivity index (χ2v) is 5.58. The van der Waals surface area contributed by atoms with Crippen molar-refractivity contribution in [2.75, 3.05) is 6.61 Å². The van der Waals surface area contributed by atoms with Gasteiger partial charge in [0.1, 0.15) is 11.3 Å². The maximum Gasteiger partial charge on any atom is 0.347 e. The van der Waals surface area contributed by atoms with E-state index in [1.165, 1.54) is 12.1 Å². The molecule has 25 heavy (non-hydrogen) atoms. The van der Waals surface area contributed by atoms with E-state index in [1.807, 2.05) is 31.2 Å². The Morgan fingerprint density at radius 1 is 1.16 bits per heavy atom. The van der Waals surface area contributed by atoms with Crippen LogP contribution >= 0.6 is 0 Å². The Morgan fingerprint density at radius 2 is 1.92 bits per heavy atom. The molecule has 2 aromatic carbocycles. The molecule has 1 atom stereocenters. The Kier molecular flexibility index (Phi) is 4.54. The molecule has 6 nitrogen and oxygen atoms in total. The van der Waals surface area contributed by atoms with Crippen LogP contribution in [0, 0.1) is 6.92 Å². The molecule has 0 fully saturated rings. The number of benzene rings is 2. The molecular weight excluding hydrogens is 324 g/mol. The first kappa shape index (κ1) is 16.7. The van der Waals surface area contributed by atoms with Gasteiger partial charge in [0, 0.05) is 23.1 Å². The van der Waals surface area contributed by atoms with E-state index in [0.29, 0.717) is 5.39 Å². The highest BCUT2D eigenvalue weighted by Crippen LogP contribution is 2.31. The van der Waals surface area contributed by atoms with E-state index in [2.05, 4.69) is 0 Å². The standard InChI is InChI=1S/C19H16O6/c1-11-4-2-3-5-13(11)15-9-18(21)25-16-8-12(6-7-14(15)16)24-17(10-20)19(22)23/h2-9,17,20H,10H2,1H3,(H,22,23). The van der Waals surface area contributed by atoms with Crippen LogP contribution in [0.3, 0.4) is 0 Å². The van der Waals surface area contributed by atoms with Crippen LogP contribution in [0.5, 0.6) is 5.75 Å². The van der Waals surface area contributed by atoms with Crippen molar-refractivity contribution in [3.63, 3.8) is 0 Å². The van der Waals surface area contributed by atoms with Crippen molar-refractivity contribution in [3.05, 3.63) is 64.5 Å². The van der Waals surface area contributed by atoms with Crippen LogP contribution in [0.25, 0.3) is 22.1 Å². The van der Waals surface area contributed by atoms with Crippen molar-refractivity contribution in [3.8, 4) is 16.9 Å². The number of aliphatic hydroxyl groups excluding tert-OH is 1. The third-order valence-electron chi connectivity index (χ3n) is 3.87. The summed E-state index contributed by atoms with van der Waals surface area (Å²) < 4.78 is 10.5. The summed E-state index contributed by atoms with van der Waals surface area (Å²) in [5.41, 5.74) is 2.42. The third-order valence-corrected chi connectivity index (χ3v) is 3.87. The van der Waals surface area contributed by atoms with Crippen molar-refractivity contribution in [2.24, 2.45) is 0 Å². The van der Waals surface area contributed by atoms with E-state index in [0.717, 1.165) is 16.7 Å². The van der Waals surface area contributed by atoms with Gasteiger partial charge in [-0.25, -0.2) is 9.59 Å². The topological polar surface area (TPSA) is 97.0 Å². The second kappa shape index (κ2) is 6.78. The smallest absolute Gasteiger partial charge is 0.347 e. The lowest BCUT2D eigenvalue weighted by Gasteiger charge is -2.13. The summed E-state index contributed by atoms with van der Waals surface area (Å²) in [6, 6.07) is 13.8. The second-order valence-electron chi connectivity index (χ2n) is 5.58. The molecule has 2 N–H and O–H groups in total. The van der Waals surface area contributed by atoms with Gasteiger partial charge >= 0.3 is 11.6 Å². The lowest BCUT2D eigenvalue weighted by atomic mass is 9.98. The Balaban J connectivity index is 2.12. The van der Waals surface area contributed by atoms with Gasteiger partial charge in [-0.2, -0.15) is 0 Å². The first-order valence-corrected chi connectivity index (χ1v) is 7.64. The van der Waals surface area contributed by atoms with Crippen LogP contribution in [-0.4, -0.2) is 28.9 Å². The first-order chi connectivity index (χ1) is 12.0. The van der Waals surface area contributed by atoms with E-state index in [-0.39, 0.29) is 11.3 Å². The van der Waals surface area contributed by atoms with E-state index >= 15 is 0 Å². The van der Waals surface area contributed by atoms with Crippen molar-refractivity contribution in [1.29, 1.82) is 0 Å². The number of ether oxygens (including phenoxy) is 1. The van der Waals surface area contributed by atoms with E-state index < -0.39 is 24.3 Å². The largest absolute Gasteiger partial charge is 0.478 e. The first-order valence-electron chi connectivity index (χ1n) is 7.64. The number of carboxylic acids is 1. The summed E-state index contributed by atoms with van der Waals surface area (Å²) >= 11 is 0. The van der Waals surface area contributed by atoms with Crippen LogP contribution in [0.4, 0.5) is 0 Å². The average molecular weight is 340 g/mol. The average Bonchev–Trinajstić information content (AvgIpc) is 2.58. The van der Waals surface area contributed by atoms with Gasteiger partial charge in [-0.1, -0.05) is 24.3 Å². The van der Waals surface area contributed by atoms with Gasteiger partial charge in [0.05, 0.1) is 6.61 Å². The number of aliphatic carboxylic acids is 1. The summed E-state index contributed by atoms with van der Waals surface area (Å²) in [5.74, 6) is -1.09. The molecule has 0 aliphatic heterocycles. The zero-order valence-electron chi connectivity index (χ0n) is 13.4. The molecule has 1 aromatic heterocycles. The van der Waals surface area contributed by atoms with Crippen LogP contribution in [0.2, 0.25) is 0 Å². The fourth-order valence-electron chi connectivity index (χ4n) is 2.64. The summed E-state index contributed by atoms with van der Waals surface area (Å²) in [5, 5.41) is 18.7. The molecule has 0 aliphatic rings. The molecule has 1 heterocycles. The van der Waals surface area contributed by atoms with Crippen LogP contribution in [0.1, 0.15) is 5.56 Å². The highest BCUT2D eigenvalue weighted by atomic mass is 16.5. The number of rotatable bonds is 5. The minimum atomic E-state index is -1.39. The van der Waals surface area contributed by atoms with Crippen molar-refractivity contribution >= 4 is 16.9 Å². The SMILES string of the molecule is Cc1ccccc1-c1cc(=O)oc2cc(OC(CO)C(=O)O)ccc12. The monoisotopic (exact) mass is 340 g/mol. The molecular formula is C19H16O6. The summed E-state index contributed by atoms with van der Waals surface area (Å²) in [4.78, 5) is 22.9. The van der Waals surface area contributed by atoms with Crippen LogP contribution in [0.15, 0.2) is 57.7 Å². The van der Waals surface area contributed by atoms with E-state index in [1.54, 1.807) is 12.1 Å². The number of carbonyl (C=O) groups is 1. The number of fused-ring (bicyclic) bond motifs is 1. The lowest BCUT2D eigenvalue weighted by molar-refractivity contribution is -0.146. The minimum Gasteiger partial charge on any atom is -0.478 e. The molecule has 0 spiro atoms. The fraction of sp³-hybridized carbons (Fsp3) is 0.158. The number of aryl methyl sites for hydroxylation is 1. The minimum absolute atomic E-state index is 0.194. The molecule has 3 aromatic rings. The maximum atomic E-state index is 11.9. The van der Waals surface area contributed by atoms with Gasteiger partial charge in [-0.05, 0) is 30.2 Å². The van der Waals surface area contributed by atoms with Gasteiger partial charge in [0.25, 0.3) is 0 Å². The Hall–Kier alpha value is -3.12. The summed E-state index contributed by atoms with van der Waals surface area (Å²) in [6.07, 6.45) is -1.39. The van der Waals surface area contributed by atoms with Crippen molar-refractivity contribution in [1.82, 2.24) is 0 Å². The molecule has 3 rings (SSSR count). The zero-order valence-corrected chi connectivity index (χ0v) is 13.4. The highest BCUT2D eigenvalue weighted by Gasteiger charge is 2.19. The van der Waals surface area contributed by atoms with Gasteiger partial charge in [-0.15, -0.1) is 0 Å². The number of aliphatic hydroxyl groups is 1. The molecule has 0 radical (unpaired) electrons. The number of hydrogen-bond donors (Lipinski definition) is 2. The van der Waals surface area contributed by atoms with E-state index in [4.69, 9.17) is 19.4 Å². The van der Waals surface area contributed by atoms with E-state index in [9.17, 15) is 9.59 Å². The predicted molar refractivity (Wildman–Crippen MR) is 91.8 cm³/mol. The van der Waals surface area contributed by atoms with Gasteiger partial charge < -0.3 is 19.4 Å². The summed E-state index contributed by atoms with van der Waals surface area (Å²) in [6.45, 7) is 1.28. The third kappa shape index (κ3) is 3.39. The van der Waals surface area contributed by atoms with Gasteiger partial charge in [0.15, 0.2) is 0 Å². The van der Waals surface area contributed by atoms with Gasteiger partial charge in [0.2, 0.25) is 6.10 Å². The van der Waals surface area contributed by atoms with Crippen molar-refractivity contribution in [2.45, 2.75) is 13.0 Å². The molecule has 1 unspecified atom stereocenters. The number of carboxylic acid groups (broad SMARTS) is 1. The lowest BCUT2D eigenvalue weighted by Crippen LogP contribution is -2.30. The predicted octanol–water partition coefficient (Wildman–Crippen LogP) is 2.59. The highest BCUT2D eigenvalue weighted by molar-refractivity contribution is 5.94. The van der Waals surface area contributed by atoms with Crippen molar-refractivity contribution < 1.29 is 24.2 Å². The Labute approximate surface area is 142 Å². The summed E-state index contributed by atoms with van der Waals surface area (Å²) in [7, 11) is 0. The normalized spacial score (nSPS) is 12.1. The molecule has 0 saturated carbocycles. The molecule has 0 aliphatic carbocycles. The number of hydrogen-bond acceptors (Lipinski definition) is 5. The molecule has 0 bridgehead atoms. The quantitative estimate of drug-likeness (QED) is 0.693. The molecule has 0 amide bonds. The van der Waals surface area contributed by atoms with Crippen LogP contribution in [-0.2, 0) is 4.79 Å². The Morgan fingerprint density at radius 3 is 2.60 bits per heavy atom. The maximum absolute atomic E-state index is 11.9. The molecule has 6 heteroatoms. The van der Waals surface area contributed by atoms with Crippen LogP contribution < -0.4 is 10.4 Å². The fourth-order valence-corrected chi connectivity index (χ4v) is 2.64. The zero-order chi connectivity index (χ0) is 18.0. The molecule has 0 saturated heterocycles. The Bertz CT molecular complexity index is 989. The van der Waals surface area contributed by atoms with Gasteiger partial charge in [-0.3, -0.25) is 0 Å².